The average Bonchev–Trinajstić information content (AvgIpc) is 2.37. The van der Waals surface area contributed by atoms with Gasteiger partial charge >= 0.3 is 0 Å². The first-order valence-corrected chi connectivity index (χ1v) is 8.92. The first-order valence-electron chi connectivity index (χ1n) is 8.92. The van der Waals surface area contributed by atoms with Gasteiger partial charge < -0.3 is 0 Å². The summed E-state index contributed by atoms with van der Waals surface area (Å²) < 4.78 is 0. The largest absolute Gasteiger partial charge is 0.0654 e. The average molecular weight is 269 g/mol. The molecule has 0 radical (unpaired) electrons. The Morgan fingerprint density at radius 2 is 1.37 bits per heavy atom. The highest BCUT2D eigenvalue weighted by Crippen LogP contribution is 2.42. The molecule has 0 bridgehead atoms. The highest BCUT2D eigenvalue weighted by atomic mass is 14.4. The van der Waals surface area contributed by atoms with Crippen LogP contribution in [0.15, 0.2) is 0 Å². The predicted molar refractivity (Wildman–Crippen MR) is 89.6 cm³/mol. The molecule has 0 rings (SSSR count). The fraction of sp³-hybridized carbons (Fsp3) is 1.00. The molecule has 19 heavy (non-hydrogen) atoms. The lowest BCUT2D eigenvalue weighted by Gasteiger charge is -2.40. The van der Waals surface area contributed by atoms with Crippen molar-refractivity contribution in [1.82, 2.24) is 0 Å². The van der Waals surface area contributed by atoms with Gasteiger partial charge in [0.2, 0.25) is 0 Å². The van der Waals surface area contributed by atoms with Crippen LogP contribution in [0.4, 0.5) is 0 Å². The molecule has 0 heteroatoms. The minimum atomic E-state index is 0.539. The molecular formula is C19H40. The maximum atomic E-state index is 2.53. The molecular weight excluding hydrogens is 228 g/mol. The summed E-state index contributed by atoms with van der Waals surface area (Å²) in [6.45, 7) is 16.8. The maximum absolute atomic E-state index is 2.53. The van der Waals surface area contributed by atoms with Gasteiger partial charge in [0, 0.05) is 0 Å². The van der Waals surface area contributed by atoms with Gasteiger partial charge in [-0.05, 0) is 29.6 Å². The number of hydrogen-bond donors (Lipinski definition) is 0. The molecule has 0 aliphatic carbocycles. The van der Waals surface area contributed by atoms with Crippen LogP contribution in [0.2, 0.25) is 0 Å². The van der Waals surface area contributed by atoms with Gasteiger partial charge in [-0.25, -0.2) is 0 Å². The summed E-state index contributed by atoms with van der Waals surface area (Å²) in [6, 6.07) is 0. The zero-order chi connectivity index (χ0) is 14.9. The van der Waals surface area contributed by atoms with Crippen molar-refractivity contribution in [2.75, 3.05) is 0 Å². The summed E-state index contributed by atoms with van der Waals surface area (Å²) in [7, 11) is 0. The van der Waals surface area contributed by atoms with Crippen LogP contribution in [0.1, 0.15) is 99.8 Å². The van der Waals surface area contributed by atoms with Gasteiger partial charge in [-0.1, -0.05) is 93.4 Å². The highest BCUT2D eigenvalue weighted by Gasteiger charge is 2.32. The molecule has 0 nitrogen and oxygen atoms in total. The molecule has 0 aromatic carbocycles. The van der Waals surface area contributed by atoms with E-state index in [2.05, 4.69) is 48.5 Å². The van der Waals surface area contributed by atoms with Crippen LogP contribution in [0.5, 0.6) is 0 Å². The summed E-state index contributed by atoms with van der Waals surface area (Å²) in [5.41, 5.74) is 0.539. The van der Waals surface area contributed by atoms with Crippen LogP contribution in [-0.4, -0.2) is 0 Å². The molecule has 0 amide bonds. The monoisotopic (exact) mass is 268 g/mol. The highest BCUT2D eigenvalue weighted by molar-refractivity contribution is 4.82. The van der Waals surface area contributed by atoms with E-state index in [1.165, 1.54) is 51.4 Å². The Balaban J connectivity index is 4.32. The molecule has 2 unspecified atom stereocenters. The second-order valence-electron chi connectivity index (χ2n) is 7.31. The molecule has 2 atom stereocenters. The lowest BCUT2D eigenvalue weighted by molar-refractivity contribution is 0.102. The molecule has 0 N–H and O–H groups in total. The van der Waals surface area contributed by atoms with E-state index in [4.69, 9.17) is 0 Å². The van der Waals surface area contributed by atoms with Crippen LogP contribution in [0, 0.1) is 23.2 Å². The van der Waals surface area contributed by atoms with Crippen LogP contribution in [0.3, 0.4) is 0 Å². The standard InChI is InChI=1S/C19H40/c1-8-12-18(13-9-2)14-11-15-19(7,16(4)5)17(6)10-3/h16-18H,8-15H2,1-7H3. The van der Waals surface area contributed by atoms with Crippen LogP contribution < -0.4 is 0 Å². The topological polar surface area (TPSA) is 0 Å². The molecule has 0 saturated heterocycles. The molecule has 0 spiro atoms. The van der Waals surface area contributed by atoms with Crippen molar-refractivity contribution in [2.45, 2.75) is 99.8 Å². The van der Waals surface area contributed by atoms with Gasteiger partial charge in [0.05, 0.1) is 0 Å². The SMILES string of the molecule is CCCC(CCC)CCCC(C)(C(C)C)C(C)CC. The van der Waals surface area contributed by atoms with Gasteiger partial charge in [-0.2, -0.15) is 0 Å². The van der Waals surface area contributed by atoms with Crippen molar-refractivity contribution in [3.8, 4) is 0 Å². The Bertz CT molecular complexity index is 200. The van der Waals surface area contributed by atoms with Crippen LogP contribution >= 0.6 is 0 Å². The van der Waals surface area contributed by atoms with E-state index >= 15 is 0 Å². The van der Waals surface area contributed by atoms with Crippen molar-refractivity contribution in [2.24, 2.45) is 23.2 Å². The third-order valence-electron chi connectivity index (χ3n) is 5.78. The number of rotatable bonds is 11. The molecule has 0 saturated carbocycles. The van der Waals surface area contributed by atoms with Gasteiger partial charge in [0.25, 0.3) is 0 Å². The van der Waals surface area contributed by atoms with E-state index in [9.17, 15) is 0 Å². The maximum Gasteiger partial charge on any atom is -0.0277 e. The summed E-state index contributed by atoms with van der Waals surface area (Å²) >= 11 is 0. The predicted octanol–water partition coefficient (Wildman–Crippen LogP) is 7.08. The molecule has 0 fully saturated rings. The van der Waals surface area contributed by atoms with E-state index < -0.39 is 0 Å². The van der Waals surface area contributed by atoms with Crippen LogP contribution in [-0.2, 0) is 0 Å². The molecule has 0 aliphatic rings. The molecule has 0 aliphatic heterocycles. The Morgan fingerprint density at radius 3 is 1.74 bits per heavy atom. The second-order valence-corrected chi connectivity index (χ2v) is 7.31. The lowest BCUT2D eigenvalue weighted by Crippen LogP contribution is -2.31. The molecule has 116 valence electrons. The second kappa shape index (κ2) is 9.83. The van der Waals surface area contributed by atoms with Crippen molar-refractivity contribution >= 4 is 0 Å². The normalized spacial score (nSPS) is 16.9. The summed E-state index contributed by atoms with van der Waals surface area (Å²) in [4.78, 5) is 0. The third-order valence-corrected chi connectivity index (χ3v) is 5.78. The van der Waals surface area contributed by atoms with E-state index in [-0.39, 0.29) is 0 Å². The Labute approximate surface area is 123 Å². The Morgan fingerprint density at radius 1 is 0.842 bits per heavy atom. The minimum absolute atomic E-state index is 0.539. The van der Waals surface area contributed by atoms with Gasteiger partial charge in [0.1, 0.15) is 0 Å². The Hall–Kier alpha value is 0. The quantitative estimate of drug-likeness (QED) is 0.375. The molecule has 0 aromatic heterocycles. The van der Waals surface area contributed by atoms with Gasteiger partial charge in [-0.15, -0.1) is 0 Å². The van der Waals surface area contributed by atoms with Crippen molar-refractivity contribution in [3.05, 3.63) is 0 Å². The van der Waals surface area contributed by atoms with E-state index in [1.54, 1.807) is 0 Å². The van der Waals surface area contributed by atoms with Gasteiger partial charge in [0.15, 0.2) is 0 Å². The fourth-order valence-corrected chi connectivity index (χ4v) is 3.59. The first-order chi connectivity index (χ1) is 8.92. The molecule has 0 aromatic rings. The fourth-order valence-electron chi connectivity index (χ4n) is 3.59. The summed E-state index contributed by atoms with van der Waals surface area (Å²) in [5.74, 6) is 2.64. The van der Waals surface area contributed by atoms with Crippen molar-refractivity contribution in [1.29, 1.82) is 0 Å². The summed E-state index contributed by atoms with van der Waals surface area (Å²) in [5, 5.41) is 0. The van der Waals surface area contributed by atoms with E-state index in [1.807, 2.05) is 0 Å². The van der Waals surface area contributed by atoms with Gasteiger partial charge in [-0.3, -0.25) is 0 Å². The lowest BCUT2D eigenvalue weighted by atomic mass is 9.66. The zero-order valence-corrected chi connectivity index (χ0v) is 14.9. The smallest absolute Gasteiger partial charge is 0.0277 e. The summed E-state index contributed by atoms with van der Waals surface area (Å²) in [6.07, 6.45) is 11.2. The van der Waals surface area contributed by atoms with Crippen molar-refractivity contribution in [3.63, 3.8) is 0 Å². The van der Waals surface area contributed by atoms with Crippen molar-refractivity contribution < 1.29 is 0 Å². The van der Waals surface area contributed by atoms with Crippen LogP contribution in [0.25, 0.3) is 0 Å². The van der Waals surface area contributed by atoms with E-state index in [0.29, 0.717) is 5.41 Å². The molecule has 0 heterocycles. The minimum Gasteiger partial charge on any atom is -0.0654 e. The number of hydrogen-bond acceptors (Lipinski definition) is 0. The Kier molecular flexibility index (Phi) is 9.83. The van der Waals surface area contributed by atoms with E-state index in [0.717, 1.165) is 17.8 Å². The third kappa shape index (κ3) is 6.32. The first kappa shape index (κ1) is 19.0. The zero-order valence-electron chi connectivity index (χ0n) is 14.9.